The molecule has 3 rings (SSSR count). The van der Waals surface area contributed by atoms with E-state index in [9.17, 15) is 0 Å². The molecule has 3 aromatic rings. The molecule has 0 radical (unpaired) electrons. The predicted octanol–water partition coefficient (Wildman–Crippen LogP) is 8.19. The quantitative estimate of drug-likeness (QED) is 0.198. The lowest BCUT2D eigenvalue weighted by Gasteiger charge is -2.05. The summed E-state index contributed by atoms with van der Waals surface area (Å²) in [5.41, 5.74) is 2.91. The number of anilines is 1. The maximum absolute atomic E-state index is 4.70. The summed E-state index contributed by atoms with van der Waals surface area (Å²) in [4.78, 5) is 4.70. The fourth-order valence-corrected chi connectivity index (χ4v) is 4.75. The summed E-state index contributed by atoms with van der Waals surface area (Å²) in [5, 5.41) is 13.2. The summed E-state index contributed by atoms with van der Waals surface area (Å²) >= 11 is 0. The molecule has 1 aromatic carbocycles. The van der Waals surface area contributed by atoms with Crippen molar-refractivity contribution in [2.75, 3.05) is 11.9 Å². The van der Waals surface area contributed by atoms with Gasteiger partial charge in [-0.25, -0.2) is 0 Å². The van der Waals surface area contributed by atoms with E-state index >= 15 is 0 Å². The molecule has 33 heavy (non-hydrogen) atoms. The summed E-state index contributed by atoms with van der Waals surface area (Å²) < 4.78 is 2.10. The molecule has 2 aromatic heterocycles. The van der Waals surface area contributed by atoms with Crippen LogP contribution in [0.1, 0.15) is 110 Å². The molecule has 2 heterocycles. The number of para-hydroxylation sites is 1. The van der Waals surface area contributed by atoms with Gasteiger partial charge in [-0.05, 0) is 12.5 Å². The second-order valence-electron chi connectivity index (χ2n) is 9.61. The van der Waals surface area contributed by atoms with E-state index < -0.39 is 0 Å². The molecule has 5 nitrogen and oxygen atoms in total. The van der Waals surface area contributed by atoms with Crippen LogP contribution in [0.3, 0.4) is 0 Å². The van der Waals surface area contributed by atoms with Crippen LogP contribution in [0.25, 0.3) is 22.1 Å². The molecule has 182 valence electrons. The molecule has 0 fully saturated rings. The van der Waals surface area contributed by atoms with Crippen LogP contribution in [0.4, 0.5) is 5.95 Å². The minimum absolute atomic E-state index is 0.634. The summed E-state index contributed by atoms with van der Waals surface area (Å²) in [6, 6.07) is 8.26. The highest BCUT2D eigenvalue weighted by atomic mass is 15.3. The fraction of sp³-hybridized carbons (Fsp3) is 0.679. The zero-order valence-corrected chi connectivity index (χ0v) is 21.1. The summed E-state index contributed by atoms with van der Waals surface area (Å²) in [5.74, 6) is 0.634. The molecule has 0 unspecified atom stereocenters. The van der Waals surface area contributed by atoms with Crippen molar-refractivity contribution in [3.05, 3.63) is 24.3 Å². The zero-order valence-electron chi connectivity index (χ0n) is 21.1. The Morgan fingerprint density at radius 3 is 1.85 bits per heavy atom. The summed E-state index contributed by atoms with van der Waals surface area (Å²) in [7, 11) is 2.04. The molecule has 0 bridgehead atoms. The number of fused-ring (bicyclic) bond motifs is 3. The van der Waals surface area contributed by atoms with E-state index in [0.29, 0.717) is 5.95 Å². The van der Waals surface area contributed by atoms with Gasteiger partial charge in [0.1, 0.15) is 5.52 Å². The number of nitrogens with one attached hydrogen (secondary N) is 1. The van der Waals surface area contributed by atoms with Crippen molar-refractivity contribution in [3.8, 4) is 0 Å². The average Bonchev–Trinajstić information content (AvgIpc) is 3.13. The molecule has 0 saturated heterocycles. The number of hydrogen-bond acceptors (Lipinski definition) is 4. The second kappa shape index (κ2) is 14.9. The topological polar surface area (TPSA) is 55.6 Å². The van der Waals surface area contributed by atoms with E-state index in [1.807, 2.05) is 19.2 Å². The van der Waals surface area contributed by atoms with Crippen LogP contribution < -0.4 is 5.32 Å². The predicted molar refractivity (Wildman–Crippen MR) is 142 cm³/mol. The minimum Gasteiger partial charge on any atom is -0.353 e. The van der Waals surface area contributed by atoms with Crippen molar-refractivity contribution in [1.82, 2.24) is 19.7 Å². The Kier molecular flexibility index (Phi) is 11.5. The first-order chi connectivity index (χ1) is 16.3. The van der Waals surface area contributed by atoms with Gasteiger partial charge in [0.2, 0.25) is 5.95 Å². The van der Waals surface area contributed by atoms with Gasteiger partial charge in [0.05, 0.1) is 5.52 Å². The maximum Gasteiger partial charge on any atom is 0.244 e. The van der Waals surface area contributed by atoms with Crippen LogP contribution >= 0.6 is 0 Å². The van der Waals surface area contributed by atoms with E-state index in [-0.39, 0.29) is 0 Å². The fourth-order valence-electron chi connectivity index (χ4n) is 4.75. The largest absolute Gasteiger partial charge is 0.353 e. The Balaban J connectivity index is 1.17. The normalized spacial score (nSPS) is 11.6. The standard InChI is InChI=1S/C28H45N5/c1-3-4-5-6-7-8-9-10-11-12-13-14-15-16-17-20-23-29-28-30-27-26(31-32-28)24-21-18-19-22-25(24)33(27)2/h18-19,21-22H,3-17,20,23H2,1-2H3,(H,29,30,32). The third-order valence-electron chi connectivity index (χ3n) is 6.82. The van der Waals surface area contributed by atoms with Gasteiger partial charge in [-0.3, -0.25) is 0 Å². The second-order valence-corrected chi connectivity index (χ2v) is 9.61. The number of rotatable bonds is 18. The van der Waals surface area contributed by atoms with Crippen LogP contribution in [0.5, 0.6) is 0 Å². The van der Waals surface area contributed by atoms with E-state index in [2.05, 4.69) is 39.1 Å². The van der Waals surface area contributed by atoms with E-state index in [1.165, 1.54) is 96.3 Å². The van der Waals surface area contributed by atoms with Gasteiger partial charge in [0.15, 0.2) is 5.65 Å². The van der Waals surface area contributed by atoms with Gasteiger partial charge in [-0.2, -0.15) is 4.98 Å². The highest BCUT2D eigenvalue weighted by Crippen LogP contribution is 2.24. The van der Waals surface area contributed by atoms with E-state index in [0.717, 1.165) is 35.0 Å². The number of unbranched alkanes of at least 4 members (excludes halogenated alkanes) is 15. The number of aryl methyl sites for hydroxylation is 1. The highest BCUT2D eigenvalue weighted by Gasteiger charge is 2.11. The van der Waals surface area contributed by atoms with Crippen molar-refractivity contribution in [2.24, 2.45) is 7.05 Å². The molecule has 0 aliphatic heterocycles. The molecule has 0 saturated carbocycles. The van der Waals surface area contributed by atoms with Gasteiger partial charge in [-0.15, -0.1) is 10.2 Å². The maximum atomic E-state index is 4.70. The Labute approximate surface area is 200 Å². The molecule has 0 aliphatic carbocycles. The van der Waals surface area contributed by atoms with Crippen molar-refractivity contribution in [1.29, 1.82) is 0 Å². The molecule has 0 amide bonds. The van der Waals surface area contributed by atoms with Gasteiger partial charge in [-0.1, -0.05) is 121 Å². The lowest BCUT2D eigenvalue weighted by Crippen LogP contribution is -2.07. The van der Waals surface area contributed by atoms with Crippen LogP contribution in [0, 0.1) is 0 Å². The Morgan fingerprint density at radius 2 is 1.24 bits per heavy atom. The molecule has 0 aliphatic rings. The SMILES string of the molecule is CCCCCCCCCCCCCCCCCCNc1nnc2c3ccccc3n(C)c2n1. The Hall–Kier alpha value is -2.17. The number of nitrogens with zero attached hydrogens (tertiary/aromatic N) is 4. The first-order valence-corrected chi connectivity index (χ1v) is 13.6. The van der Waals surface area contributed by atoms with Crippen molar-refractivity contribution >= 4 is 28.0 Å². The van der Waals surface area contributed by atoms with Crippen LogP contribution in [0.2, 0.25) is 0 Å². The van der Waals surface area contributed by atoms with Gasteiger partial charge in [0, 0.05) is 19.0 Å². The van der Waals surface area contributed by atoms with Crippen LogP contribution in [0.15, 0.2) is 24.3 Å². The molecule has 0 atom stereocenters. The van der Waals surface area contributed by atoms with Crippen molar-refractivity contribution in [2.45, 2.75) is 110 Å². The molecule has 5 heteroatoms. The Bertz CT molecular complexity index is 933. The van der Waals surface area contributed by atoms with Crippen LogP contribution in [-0.2, 0) is 7.05 Å². The monoisotopic (exact) mass is 451 g/mol. The number of aromatic nitrogens is 4. The van der Waals surface area contributed by atoms with Gasteiger partial charge >= 0.3 is 0 Å². The van der Waals surface area contributed by atoms with Gasteiger partial charge < -0.3 is 9.88 Å². The van der Waals surface area contributed by atoms with Crippen LogP contribution in [-0.4, -0.2) is 26.3 Å². The number of benzene rings is 1. The Morgan fingerprint density at radius 1 is 0.697 bits per heavy atom. The van der Waals surface area contributed by atoms with Crippen molar-refractivity contribution in [3.63, 3.8) is 0 Å². The lowest BCUT2D eigenvalue weighted by atomic mass is 10.0. The molecule has 1 N–H and O–H groups in total. The molecular formula is C28H45N5. The average molecular weight is 452 g/mol. The van der Waals surface area contributed by atoms with E-state index in [4.69, 9.17) is 4.98 Å². The molecule has 0 spiro atoms. The highest BCUT2D eigenvalue weighted by molar-refractivity contribution is 6.04. The van der Waals surface area contributed by atoms with Gasteiger partial charge in [0.25, 0.3) is 0 Å². The number of hydrogen-bond donors (Lipinski definition) is 1. The zero-order chi connectivity index (χ0) is 23.1. The first-order valence-electron chi connectivity index (χ1n) is 13.6. The van der Waals surface area contributed by atoms with Crippen molar-refractivity contribution < 1.29 is 0 Å². The van der Waals surface area contributed by atoms with E-state index in [1.54, 1.807) is 0 Å². The summed E-state index contributed by atoms with van der Waals surface area (Å²) in [6.45, 7) is 3.20. The lowest BCUT2D eigenvalue weighted by molar-refractivity contribution is 0.530. The molecular weight excluding hydrogens is 406 g/mol. The summed E-state index contributed by atoms with van der Waals surface area (Å²) in [6.07, 6.45) is 22.3. The first kappa shape index (κ1) is 25.5. The minimum atomic E-state index is 0.634. The smallest absolute Gasteiger partial charge is 0.244 e. The third kappa shape index (κ3) is 8.28. The third-order valence-corrected chi connectivity index (χ3v) is 6.82.